The molecule has 1 atom stereocenters. The minimum absolute atomic E-state index is 0.0356. The highest BCUT2D eigenvalue weighted by atomic mass is 19.1. The van der Waals surface area contributed by atoms with Gasteiger partial charge in [-0.05, 0) is 51.5 Å². The number of furan rings is 1. The minimum atomic E-state index is -1.29. The van der Waals surface area contributed by atoms with Crippen LogP contribution in [0.1, 0.15) is 29.6 Å². The van der Waals surface area contributed by atoms with E-state index in [4.69, 9.17) is 4.42 Å². The SMILES string of the molecule is Cc1ccc(F)c(NC(=O)NCC(C)(O)c2cc(C)oc2C)c1. The van der Waals surface area contributed by atoms with Gasteiger partial charge >= 0.3 is 6.03 Å². The fourth-order valence-electron chi connectivity index (χ4n) is 2.41. The molecular weight excluding hydrogens is 299 g/mol. The number of hydrogen-bond acceptors (Lipinski definition) is 3. The lowest BCUT2D eigenvalue weighted by Gasteiger charge is -2.23. The Hall–Kier alpha value is -2.34. The molecule has 2 amide bonds. The lowest BCUT2D eigenvalue weighted by atomic mass is 9.96. The number of aliphatic hydroxyl groups is 1. The normalized spacial score (nSPS) is 13.5. The molecule has 0 fully saturated rings. The Labute approximate surface area is 134 Å². The summed E-state index contributed by atoms with van der Waals surface area (Å²) in [4.78, 5) is 11.9. The minimum Gasteiger partial charge on any atom is -0.466 e. The van der Waals surface area contributed by atoms with E-state index in [9.17, 15) is 14.3 Å². The first-order valence-electron chi connectivity index (χ1n) is 7.30. The summed E-state index contributed by atoms with van der Waals surface area (Å²) in [5.74, 6) is 0.766. The highest BCUT2D eigenvalue weighted by molar-refractivity contribution is 5.89. The maximum absolute atomic E-state index is 13.6. The van der Waals surface area contributed by atoms with E-state index in [0.29, 0.717) is 17.1 Å². The maximum atomic E-state index is 13.6. The summed E-state index contributed by atoms with van der Waals surface area (Å²) in [5.41, 5.74) is 0.248. The second kappa shape index (κ2) is 6.42. The van der Waals surface area contributed by atoms with Crippen molar-refractivity contribution in [3.8, 4) is 0 Å². The number of aryl methyl sites for hydroxylation is 3. The summed E-state index contributed by atoms with van der Waals surface area (Å²) in [5, 5.41) is 15.5. The molecule has 3 N–H and O–H groups in total. The molecule has 0 bridgehead atoms. The van der Waals surface area contributed by atoms with Gasteiger partial charge in [0, 0.05) is 5.56 Å². The topological polar surface area (TPSA) is 74.5 Å². The molecule has 1 aromatic heterocycles. The van der Waals surface area contributed by atoms with Gasteiger partial charge in [0.2, 0.25) is 0 Å². The Morgan fingerprint density at radius 2 is 2.00 bits per heavy atom. The zero-order valence-corrected chi connectivity index (χ0v) is 13.7. The van der Waals surface area contributed by atoms with E-state index < -0.39 is 17.4 Å². The van der Waals surface area contributed by atoms with Crippen molar-refractivity contribution in [1.29, 1.82) is 0 Å². The summed E-state index contributed by atoms with van der Waals surface area (Å²) in [6.45, 7) is 6.88. The van der Waals surface area contributed by atoms with Crippen molar-refractivity contribution in [3.63, 3.8) is 0 Å². The smallest absolute Gasteiger partial charge is 0.319 e. The fourth-order valence-corrected chi connectivity index (χ4v) is 2.41. The molecule has 124 valence electrons. The maximum Gasteiger partial charge on any atom is 0.319 e. The molecule has 0 aliphatic carbocycles. The summed E-state index contributed by atoms with van der Waals surface area (Å²) >= 11 is 0. The van der Waals surface area contributed by atoms with Crippen LogP contribution in [0.4, 0.5) is 14.9 Å². The predicted octanol–water partition coefficient (Wildman–Crippen LogP) is 3.37. The second-order valence-corrected chi connectivity index (χ2v) is 5.89. The zero-order valence-electron chi connectivity index (χ0n) is 13.7. The third-order valence-corrected chi connectivity index (χ3v) is 3.58. The second-order valence-electron chi connectivity index (χ2n) is 5.89. The number of anilines is 1. The van der Waals surface area contributed by atoms with E-state index >= 15 is 0 Å². The Morgan fingerprint density at radius 1 is 1.30 bits per heavy atom. The number of nitrogens with one attached hydrogen (secondary N) is 2. The van der Waals surface area contributed by atoms with Crippen LogP contribution in [0.15, 0.2) is 28.7 Å². The molecule has 0 radical (unpaired) electrons. The Morgan fingerprint density at radius 3 is 2.61 bits per heavy atom. The zero-order chi connectivity index (χ0) is 17.2. The summed E-state index contributed by atoms with van der Waals surface area (Å²) in [6, 6.07) is 5.59. The molecule has 0 saturated heterocycles. The van der Waals surface area contributed by atoms with Crippen LogP contribution in [0, 0.1) is 26.6 Å². The van der Waals surface area contributed by atoms with Crippen molar-refractivity contribution >= 4 is 11.7 Å². The molecule has 2 aromatic rings. The average molecular weight is 320 g/mol. The van der Waals surface area contributed by atoms with Crippen molar-refractivity contribution in [2.24, 2.45) is 0 Å². The molecule has 1 aromatic carbocycles. The van der Waals surface area contributed by atoms with Crippen LogP contribution >= 0.6 is 0 Å². The molecule has 0 aliphatic rings. The van der Waals surface area contributed by atoms with E-state index in [1.165, 1.54) is 12.1 Å². The standard InChI is InChI=1S/C17H21FN2O3/c1-10-5-6-14(18)15(7-10)20-16(21)19-9-17(4,22)13-8-11(2)23-12(13)3/h5-8,22H,9H2,1-4H3,(H2,19,20,21). The summed E-state index contributed by atoms with van der Waals surface area (Å²) < 4.78 is 19.0. The van der Waals surface area contributed by atoms with Crippen LogP contribution < -0.4 is 10.6 Å². The van der Waals surface area contributed by atoms with Crippen LogP contribution in [-0.2, 0) is 5.60 Å². The molecule has 6 heteroatoms. The van der Waals surface area contributed by atoms with Gasteiger partial charge in [-0.15, -0.1) is 0 Å². The number of hydrogen-bond donors (Lipinski definition) is 3. The Balaban J connectivity index is 2.01. The third kappa shape index (κ3) is 4.10. The Kier molecular flexibility index (Phi) is 4.75. The molecule has 0 saturated carbocycles. The van der Waals surface area contributed by atoms with E-state index in [0.717, 1.165) is 5.56 Å². The largest absolute Gasteiger partial charge is 0.466 e. The number of halogens is 1. The molecule has 0 spiro atoms. The van der Waals surface area contributed by atoms with E-state index in [2.05, 4.69) is 10.6 Å². The van der Waals surface area contributed by atoms with Crippen LogP contribution in [0.3, 0.4) is 0 Å². The van der Waals surface area contributed by atoms with Crippen LogP contribution in [-0.4, -0.2) is 17.7 Å². The highest BCUT2D eigenvalue weighted by Crippen LogP contribution is 2.26. The lowest BCUT2D eigenvalue weighted by Crippen LogP contribution is -2.40. The molecule has 23 heavy (non-hydrogen) atoms. The number of benzene rings is 1. The van der Waals surface area contributed by atoms with Crippen molar-refractivity contribution in [2.45, 2.75) is 33.3 Å². The molecule has 1 unspecified atom stereocenters. The highest BCUT2D eigenvalue weighted by Gasteiger charge is 2.28. The van der Waals surface area contributed by atoms with Gasteiger partial charge in [0.25, 0.3) is 0 Å². The van der Waals surface area contributed by atoms with Gasteiger partial charge in [-0.2, -0.15) is 0 Å². The van der Waals surface area contributed by atoms with Crippen molar-refractivity contribution < 1.29 is 18.7 Å². The van der Waals surface area contributed by atoms with Gasteiger partial charge in [-0.25, -0.2) is 9.18 Å². The van der Waals surface area contributed by atoms with Crippen LogP contribution in [0.5, 0.6) is 0 Å². The monoisotopic (exact) mass is 320 g/mol. The van der Waals surface area contributed by atoms with Gasteiger partial charge in [0.15, 0.2) is 0 Å². The molecule has 5 nitrogen and oxygen atoms in total. The lowest BCUT2D eigenvalue weighted by molar-refractivity contribution is 0.0584. The number of carbonyl (C=O) groups is 1. The van der Waals surface area contributed by atoms with Crippen molar-refractivity contribution in [1.82, 2.24) is 5.32 Å². The number of amides is 2. The first-order chi connectivity index (χ1) is 10.7. The molecule has 1 heterocycles. The van der Waals surface area contributed by atoms with E-state index in [1.54, 1.807) is 39.8 Å². The summed E-state index contributed by atoms with van der Waals surface area (Å²) in [7, 11) is 0. The molecule has 2 rings (SSSR count). The van der Waals surface area contributed by atoms with Crippen molar-refractivity contribution in [2.75, 3.05) is 11.9 Å². The van der Waals surface area contributed by atoms with E-state index in [1.807, 2.05) is 0 Å². The third-order valence-electron chi connectivity index (χ3n) is 3.58. The first kappa shape index (κ1) is 17.0. The first-order valence-corrected chi connectivity index (χ1v) is 7.30. The number of rotatable bonds is 4. The van der Waals surface area contributed by atoms with Gasteiger partial charge in [-0.3, -0.25) is 0 Å². The van der Waals surface area contributed by atoms with Gasteiger partial charge in [0.1, 0.15) is 22.9 Å². The predicted molar refractivity (Wildman–Crippen MR) is 85.9 cm³/mol. The number of urea groups is 1. The van der Waals surface area contributed by atoms with Crippen LogP contribution in [0.25, 0.3) is 0 Å². The molecular formula is C17H21FN2O3. The molecule has 0 aliphatic heterocycles. The van der Waals surface area contributed by atoms with E-state index in [-0.39, 0.29) is 12.2 Å². The Bertz CT molecular complexity index is 723. The average Bonchev–Trinajstić information content (AvgIpc) is 2.80. The summed E-state index contributed by atoms with van der Waals surface area (Å²) in [6.07, 6.45) is 0. The quantitative estimate of drug-likeness (QED) is 0.808. The van der Waals surface area contributed by atoms with Gasteiger partial charge < -0.3 is 20.2 Å². The van der Waals surface area contributed by atoms with Gasteiger partial charge in [-0.1, -0.05) is 6.07 Å². The van der Waals surface area contributed by atoms with Crippen LogP contribution in [0.2, 0.25) is 0 Å². The number of carbonyl (C=O) groups excluding carboxylic acids is 1. The fraction of sp³-hybridized carbons (Fsp3) is 0.353. The van der Waals surface area contributed by atoms with Gasteiger partial charge in [0.05, 0.1) is 12.2 Å². The van der Waals surface area contributed by atoms with Crippen molar-refractivity contribution in [3.05, 3.63) is 52.7 Å².